The van der Waals surface area contributed by atoms with Gasteiger partial charge in [0, 0.05) is 37.1 Å². The van der Waals surface area contributed by atoms with E-state index >= 15 is 0 Å². The molecule has 8 unspecified atom stereocenters. The first-order valence-corrected chi connectivity index (χ1v) is 25.2. The third-order valence-corrected chi connectivity index (χ3v) is 13.4. The second kappa shape index (κ2) is 24.7. The topological polar surface area (TPSA) is 384 Å². The van der Waals surface area contributed by atoms with Crippen molar-refractivity contribution >= 4 is 69.1 Å². The van der Waals surface area contributed by atoms with E-state index in [1.807, 2.05) is 6.92 Å². The Morgan fingerprint density at radius 3 is 2.29 bits per heavy atom. The number of thioether (sulfide) groups is 1. The van der Waals surface area contributed by atoms with Gasteiger partial charge < -0.3 is 56.0 Å². The first kappa shape index (κ1) is 53.9. The van der Waals surface area contributed by atoms with Crippen molar-refractivity contribution in [1.29, 1.82) is 0 Å². The molecule has 3 heterocycles. The van der Waals surface area contributed by atoms with Gasteiger partial charge in [-0.25, -0.2) is 28.6 Å². The summed E-state index contributed by atoms with van der Waals surface area (Å²) in [7, 11) is -16.4. The molecule has 0 bridgehead atoms. The lowest BCUT2D eigenvalue weighted by Gasteiger charge is -2.30. The van der Waals surface area contributed by atoms with Crippen LogP contribution in [-0.2, 0) is 50.7 Å². The second-order valence-electron chi connectivity index (χ2n) is 15.0. The lowest BCUT2D eigenvalue weighted by Crippen LogP contribution is -2.46. The van der Waals surface area contributed by atoms with E-state index in [1.165, 1.54) is 13.8 Å². The van der Waals surface area contributed by atoms with E-state index in [-0.39, 0.29) is 47.7 Å². The van der Waals surface area contributed by atoms with Crippen LogP contribution in [0.25, 0.3) is 11.2 Å². The highest BCUT2D eigenvalue weighted by atomic mass is 32.2. The number of nitrogens with two attached hydrogens (primary N) is 1. The number of imidazole rings is 1. The number of amides is 2. The van der Waals surface area contributed by atoms with Crippen molar-refractivity contribution in [3.8, 4) is 0 Å². The Kier molecular flexibility index (Phi) is 21.5. The zero-order valence-electron chi connectivity index (χ0n) is 34.5. The lowest BCUT2D eigenvalue weighted by atomic mass is 9.87. The highest BCUT2D eigenvalue weighted by Crippen LogP contribution is 2.61. The molecule has 11 N–H and O–H groups in total. The Labute approximate surface area is 361 Å². The fraction of sp³-hybridized carbons (Fsp3) is 0.758. The Hall–Kier alpha value is -2.48. The molecule has 2 aromatic heterocycles. The SMILES string of the molecule is CCC(O)CCCCCCCCC(=O)SCCNC(=O)CCNC(=O)C(O)C(C)(C)COP(=O)(O)OP(=O)(O)OCC1OC(n2cnc3c(N)ncnc32)C(O)C1OP(=O)(O)O. The number of hydrogen-bond acceptors (Lipinski definition) is 19. The number of hydrogen-bond donors (Lipinski definition) is 10. The van der Waals surface area contributed by atoms with Crippen LogP contribution in [0.3, 0.4) is 0 Å². The Morgan fingerprint density at radius 1 is 0.952 bits per heavy atom. The van der Waals surface area contributed by atoms with Crippen molar-refractivity contribution in [3.05, 3.63) is 12.7 Å². The van der Waals surface area contributed by atoms with Crippen LogP contribution in [0, 0.1) is 5.41 Å². The molecule has 354 valence electrons. The number of carbonyl (C=O) groups is 3. The quantitative estimate of drug-likeness (QED) is 0.0408. The van der Waals surface area contributed by atoms with Gasteiger partial charge in [0.2, 0.25) is 11.8 Å². The van der Waals surface area contributed by atoms with Crippen molar-refractivity contribution < 1.29 is 85.6 Å². The summed E-state index contributed by atoms with van der Waals surface area (Å²) in [5.74, 6) is -1.08. The Morgan fingerprint density at radius 2 is 1.61 bits per heavy atom. The van der Waals surface area contributed by atoms with Crippen LogP contribution in [0.2, 0.25) is 0 Å². The summed E-state index contributed by atoms with van der Waals surface area (Å²) in [6.07, 6.45) is 0.749. The molecule has 62 heavy (non-hydrogen) atoms. The van der Waals surface area contributed by atoms with Gasteiger partial charge in [-0.05, 0) is 19.3 Å². The van der Waals surface area contributed by atoms with E-state index < -0.39 is 84.6 Å². The van der Waals surface area contributed by atoms with Gasteiger partial charge in [0.05, 0.1) is 25.6 Å². The monoisotopic (exact) mass is 965 g/mol. The number of phosphoric acid groups is 3. The van der Waals surface area contributed by atoms with E-state index in [2.05, 4.69) is 34.4 Å². The number of aromatic nitrogens is 4. The number of fused-ring (bicyclic) bond motifs is 1. The molecular weight excluding hydrogens is 907 g/mol. The predicted molar refractivity (Wildman–Crippen MR) is 220 cm³/mol. The molecule has 0 saturated carbocycles. The summed E-state index contributed by atoms with van der Waals surface area (Å²) in [6, 6.07) is 0. The molecule has 1 aliphatic heterocycles. The summed E-state index contributed by atoms with van der Waals surface area (Å²) in [5, 5.41) is 36.1. The third kappa shape index (κ3) is 18.2. The molecule has 0 aliphatic carbocycles. The minimum absolute atomic E-state index is 0.0296. The number of unbranched alkanes of at least 4 members (excludes halogenated alkanes) is 5. The summed E-state index contributed by atoms with van der Waals surface area (Å²) in [6.45, 7) is 2.47. The van der Waals surface area contributed by atoms with E-state index in [9.17, 15) is 63.0 Å². The molecule has 1 aliphatic rings. The van der Waals surface area contributed by atoms with Gasteiger partial charge in [-0.3, -0.25) is 32.5 Å². The van der Waals surface area contributed by atoms with Crippen molar-refractivity contribution in [3.63, 3.8) is 0 Å². The maximum Gasteiger partial charge on any atom is 0.481 e. The number of anilines is 1. The normalized spacial score (nSPS) is 21.3. The van der Waals surface area contributed by atoms with Gasteiger partial charge >= 0.3 is 23.5 Å². The number of aliphatic hydroxyl groups is 3. The zero-order valence-corrected chi connectivity index (χ0v) is 38.0. The first-order chi connectivity index (χ1) is 28.9. The summed E-state index contributed by atoms with van der Waals surface area (Å²) in [4.78, 5) is 88.0. The minimum Gasteiger partial charge on any atom is -0.393 e. The number of nitrogens with one attached hydrogen (secondary N) is 2. The second-order valence-corrected chi connectivity index (χ2v) is 20.4. The van der Waals surface area contributed by atoms with Crippen LogP contribution in [0.5, 0.6) is 0 Å². The number of aliphatic hydroxyl groups excluding tert-OH is 3. The van der Waals surface area contributed by atoms with Crippen molar-refractivity contribution in [2.24, 2.45) is 5.41 Å². The van der Waals surface area contributed by atoms with Crippen LogP contribution >= 0.6 is 35.2 Å². The smallest absolute Gasteiger partial charge is 0.393 e. The number of carbonyl (C=O) groups excluding carboxylic acids is 3. The number of rotatable bonds is 29. The first-order valence-electron chi connectivity index (χ1n) is 19.7. The van der Waals surface area contributed by atoms with E-state index in [4.69, 9.17) is 19.5 Å². The predicted octanol–water partition coefficient (Wildman–Crippen LogP) is 1.56. The molecule has 0 radical (unpaired) electrons. The number of ether oxygens (including phenoxy) is 1. The maximum atomic E-state index is 12.7. The van der Waals surface area contributed by atoms with Crippen molar-refractivity contribution in [1.82, 2.24) is 30.2 Å². The number of nitrogen functional groups attached to an aromatic ring is 1. The molecule has 3 rings (SSSR count). The van der Waals surface area contributed by atoms with Gasteiger partial charge in [0.15, 0.2) is 22.8 Å². The Bertz CT molecular complexity index is 1920. The van der Waals surface area contributed by atoms with Gasteiger partial charge in [-0.15, -0.1) is 0 Å². The molecule has 0 aromatic carbocycles. The molecule has 0 spiro atoms. The Balaban J connectivity index is 1.37. The van der Waals surface area contributed by atoms with E-state index in [0.717, 1.165) is 80.4 Å². The molecular formula is C33H58N7O18P3S. The standard InChI is InChI=1S/C33H58N7O18P3S/c1-4-21(41)11-9-7-5-6-8-10-12-24(43)62-16-15-35-23(42)13-14-36-31(46)28(45)33(2,3)18-55-61(52,53)58-60(50,51)54-17-22-27(57-59(47,48)49)26(44)32(56-22)40-20-39-25-29(34)37-19-38-30(25)40/h19-22,26-28,32,41,44-45H,4-18H2,1-3H3,(H,35,42)(H,36,46)(H,50,51)(H,52,53)(H2,34,37,38)(H2,47,48,49). The minimum atomic E-state index is -5.58. The summed E-state index contributed by atoms with van der Waals surface area (Å²) >= 11 is 1.12. The molecule has 2 aromatic rings. The lowest BCUT2D eigenvalue weighted by molar-refractivity contribution is -0.137. The maximum absolute atomic E-state index is 12.7. The fourth-order valence-electron chi connectivity index (χ4n) is 5.93. The number of phosphoric ester groups is 3. The highest BCUT2D eigenvalue weighted by molar-refractivity contribution is 8.13. The number of nitrogens with zero attached hydrogens (tertiary/aromatic N) is 4. The third-order valence-electron chi connectivity index (χ3n) is 9.40. The molecule has 25 nitrogen and oxygen atoms in total. The van der Waals surface area contributed by atoms with Crippen LogP contribution < -0.4 is 16.4 Å². The van der Waals surface area contributed by atoms with Crippen molar-refractivity contribution in [2.45, 2.75) is 122 Å². The molecule has 1 fully saturated rings. The van der Waals surface area contributed by atoms with E-state index in [0.29, 0.717) is 12.2 Å². The largest absolute Gasteiger partial charge is 0.481 e. The highest BCUT2D eigenvalue weighted by Gasteiger charge is 2.50. The molecule has 29 heteroatoms. The van der Waals surface area contributed by atoms with Crippen LogP contribution in [0.15, 0.2) is 12.7 Å². The van der Waals surface area contributed by atoms with Crippen LogP contribution in [-0.4, -0.2) is 134 Å². The zero-order chi connectivity index (χ0) is 46.3. The van der Waals surface area contributed by atoms with Crippen LogP contribution in [0.4, 0.5) is 5.82 Å². The van der Waals surface area contributed by atoms with Gasteiger partial charge in [-0.2, -0.15) is 4.31 Å². The average molecular weight is 966 g/mol. The molecule has 8 atom stereocenters. The van der Waals surface area contributed by atoms with Crippen molar-refractivity contribution in [2.75, 3.05) is 37.8 Å². The van der Waals surface area contributed by atoms with Gasteiger partial charge in [0.25, 0.3) is 0 Å². The fourth-order valence-corrected chi connectivity index (χ4v) is 9.48. The van der Waals surface area contributed by atoms with E-state index in [1.54, 1.807) is 0 Å². The average Bonchev–Trinajstić information content (AvgIpc) is 3.75. The molecule has 2 amide bonds. The van der Waals surface area contributed by atoms with Crippen LogP contribution in [0.1, 0.15) is 91.2 Å². The molecule has 1 saturated heterocycles. The van der Waals surface area contributed by atoms with Gasteiger partial charge in [0.1, 0.15) is 36.3 Å². The summed E-state index contributed by atoms with van der Waals surface area (Å²) < 4.78 is 62.3. The summed E-state index contributed by atoms with van der Waals surface area (Å²) in [5.41, 5.74) is 4.26. The van der Waals surface area contributed by atoms with Gasteiger partial charge in [-0.1, -0.05) is 64.6 Å².